The summed E-state index contributed by atoms with van der Waals surface area (Å²) in [5, 5.41) is 11.6. The number of hydrogen-bond donors (Lipinski definition) is 1. The molecule has 0 aromatic carbocycles. The highest BCUT2D eigenvalue weighted by Gasteiger charge is 2.29. The van der Waals surface area contributed by atoms with Crippen molar-refractivity contribution in [1.82, 2.24) is 4.90 Å². The number of halogens is 1. The summed E-state index contributed by atoms with van der Waals surface area (Å²) in [6.07, 6.45) is 0. The molecule has 0 fully saturated rings. The van der Waals surface area contributed by atoms with Crippen LogP contribution in [0.4, 0.5) is 0 Å². The van der Waals surface area contributed by atoms with E-state index in [0.29, 0.717) is 9.90 Å². The van der Waals surface area contributed by atoms with Crippen molar-refractivity contribution in [2.24, 2.45) is 0 Å². The zero-order valence-electron chi connectivity index (χ0n) is 9.87. The van der Waals surface area contributed by atoms with E-state index in [1.165, 1.54) is 16.2 Å². The van der Waals surface area contributed by atoms with Crippen LogP contribution >= 0.6 is 22.9 Å². The van der Waals surface area contributed by atoms with Crippen LogP contribution in [0.25, 0.3) is 0 Å². The molecule has 5 heteroatoms. The molecule has 0 saturated heterocycles. The lowest BCUT2D eigenvalue weighted by atomic mass is 10.1. The first kappa shape index (κ1) is 13.5. The molecule has 0 radical (unpaired) electrons. The van der Waals surface area contributed by atoms with Crippen molar-refractivity contribution in [2.75, 3.05) is 13.7 Å². The first-order valence-electron chi connectivity index (χ1n) is 4.94. The monoisotopic (exact) mass is 261 g/mol. The average molecular weight is 262 g/mol. The highest BCUT2D eigenvalue weighted by Crippen LogP contribution is 2.29. The fourth-order valence-corrected chi connectivity index (χ4v) is 2.36. The largest absolute Gasteiger partial charge is 0.394 e. The van der Waals surface area contributed by atoms with Crippen LogP contribution in [0.2, 0.25) is 5.02 Å². The van der Waals surface area contributed by atoms with Crippen LogP contribution in [-0.4, -0.2) is 35.1 Å². The number of amides is 1. The van der Waals surface area contributed by atoms with Crippen LogP contribution in [0, 0.1) is 6.92 Å². The lowest BCUT2D eigenvalue weighted by Gasteiger charge is -2.33. The number of rotatable bonds is 3. The van der Waals surface area contributed by atoms with E-state index in [0.717, 1.165) is 5.56 Å². The molecule has 0 aliphatic carbocycles. The molecule has 90 valence electrons. The van der Waals surface area contributed by atoms with Crippen LogP contribution in [0.1, 0.15) is 29.1 Å². The molecule has 0 unspecified atom stereocenters. The Morgan fingerprint density at radius 2 is 2.19 bits per heavy atom. The molecule has 1 N–H and O–H groups in total. The Bertz CT molecular complexity index is 401. The lowest BCUT2D eigenvalue weighted by molar-refractivity contribution is 0.0478. The number of aryl methyl sites for hydroxylation is 1. The molecule has 0 aliphatic heterocycles. The molecule has 0 bridgehead atoms. The predicted octanol–water partition coefficient (Wildman–Crippen LogP) is 2.55. The smallest absolute Gasteiger partial charge is 0.265 e. The van der Waals surface area contributed by atoms with Crippen LogP contribution < -0.4 is 0 Å². The summed E-state index contributed by atoms with van der Waals surface area (Å²) in [6, 6.07) is 0. The Labute approximate surface area is 105 Å². The number of nitrogens with zero attached hydrogens (tertiary/aromatic N) is 1. The standard InChI is InChI=1S/C11H16ClNO2S/c1-7-5-16-9(8(7)12)10(15)13(4)11(2,3)6-14/h5,14H,6H2,1-4H3. The molecule has 3 nitrogen and oxygen atoms in total. The highest BCUT2D eigenvalue weighted by atomic mass is 35.5. The minimum absolute atomic E-state index is 0.0861. The van der Waals surface area contributed by atoms with Gasteiger partial charge in [-0.1, -0.05) is 11.6 Å². The van der Waals surface area contributed by atoms with Gasteiger partial charge in [0, 0.05) is 7.05 Å². The van der Waals surface area contributed by atoms with Crippen LogP contribution in [0.3, 0.4) is 0 Å². The normalized spacial score (nSPS) is 11.6. The van der Waals surface area contributed by atoms with E-state index < -0.39 is 5.54 Å². The first-order chi connectivity index (χ1) is 7.31. The summed E-state index contributed by atoms with van der Waals surface area (Å²) in [6.45, 7) is 5.39. The Morgan fingerprint density at radius 1 is 1.62 bits per heavy atom. The average Bonchev–Trinajstić information content (AvgIpc) is 2.58. The molecular formula is C11H16ClNO2S. The SMILES string of the molecule is Cc1csc(C(=O)N(C)C(C)(C)CO)c1Cl. The van der Waals surface area contributed by atoms with Gasteiger partial charge in [-0.15, -0.1) is 11.3 Å². The van der Waals surface area contributed by atoms with Gasteiger partial charge < -0.3 is 10.0 Å². The summed E-state index contributed by atoms with van der Waals surface area (Å²) in [7, 11) is 1.67. The summed E-state index contributed by atoms with van der Waals surface area (Å²) >= 11 is 7.38. The van der Waals surface area contributed by atoms with Gasteiger partial charge >= 0.3 is 0 Å². The molecule has 0 aliphatic rings. The molecule has 1 aromatic heterocycles. The van der Waals surface area contributed by atoms with Crippen molar-refractivity contribution in [3.8, 4) is 0 Å². The second-order valence-electron chi connectivity index (χ2n) is 4.40. The van der Waals surface area contributed by atoms with Gasteiger partial charge in [0.15, 0.2) is 0 Å². The molecule has 16 heavy (non-hydrogen) atoms. The molecular weight excluding hydrogens is 246 g/mol. The Morgan fingerprint density at radius 3 is 2.56 bits per heavy atom. The maximum Gasteiger partial charge on any atom is 0.265 e. The summed E-state index contributed by atoms with van der Waals surface area (Å²) in [4.78, 5) is 14.2. The fourth-order valence-electron chi connectivity index (χ4n) is 1.11. The molecule has 0 spiro atoms. The van der Waals surface area contributed by atoms with E-state index >= 15 is 0 Å². The van der Waals surface area contributed by atoms with Crippen LogP contribution in [-0.2, 0) is 0 Å². The van der Waals surface area contributed by atoms with Gasteiger partial charge in [0.05, 0.1) is 17.2 Å². The maximum atomic E-state index is 12.1. The summed E-state index contributed by atoms with van der Waals surface area (Å²) < 4.78 is 0. The molecule has 1 rings (SSSR count). The van der Waals surface area contributed by atoms with Gasteiger partial charge in [-0.3, -0.25) is 4.79 Å². The minimum Gasteiger partial charge on any atom is -0.394 e. The van der Waals surface area contributed by atoms with Crippen LogP contribution in [0.5, 0.6) is 0 Å². The van der Waals surface area contributed by atoms with Crippen molar-refractivity contribution in [3.63, 3.8) is 0 Å². The van der Waals surface area contributed by atoms with Gasteiger partial charge in [-0.05, 0) is 31.7 Å². The Hall–Kier alpha value is -0.580. The predicted molar refractivity (Wildman–Crippen MR) is 67.3 cm³/mol. The van der Waals surface area contributed by atoms with E-state index in [1.807, 2.05) is 12.3 Å². The van der Waals surface area contributed by atoms with Crippen LogP contribution in [0.15, 0.2) is 5.38 Å². The fraction of sp³-hybridized carbons (Fsp3) is 0.545. The molecule has 0 saturated carbocycles. The van der Waals surface area contributed by atoms with Gasteiger partial charge in [0.2, 0.25) is 0 Å². The van der Waals surface area contributed by atoms with Crippen molar-refractivity contribution < 1.29 is 9.90 Å². The third kappa shape index (κ3) is 2.39. The molecule has 1 amide bonds. The zero-order valence-corrected chi connectivity index (χ0v) is 11.4. The second-order valence-corrected chi connectivity index (χ2v) is 5.65. The van der Waals surface area contributed by atoms with Gasteiger partial charge in [0.25, 0.3) is 5.91 Å². The van der Waals surface area contributed by atoms with E-state index in [4.69, 9.17) is 11.6 Å². The number of carbonyl (C=O) groups is 1. The Balaban J connectivity index is 2.99. The minimum atomic E-state index is -0.585. The number of aliphatic hydroxyl groups excluding tert-OH is 1. The van der Waals surface area contributed by atoms with Gasteiger partial charge in [0.1, 0.15) is 4.88 Å². The number of carbonyl (C=O) groups excluding carboxylic acids is 1. The maximum absolute atomic E-state index is 12.1. The number of likely N-dealkylation sites (N-methyl/N-ethyl adjacent to an activating group) is 1. The van der Waals surface area contributed by atoms with Crippen molar-refractivity contribution >= 4 is 28.8 Å². The third-order valence-electron chi connectivity index (χ3n) is 2.69. The van der Waals surface area contributed by atoms with E-state index in [9.17, 15) is 9.90 Å². The lowest BCUT2D eigenvalue weighted by Crippen LogP contribution is -2.47. The number of thiophene rings is 1. The summed E-state index contributed by atoms with van der Waals surface area (Å²) in [5.74, 6) is -0.151. The van der Waals surface area contributed by atoms with Gasteiger partial charge in [-0.25, -0.2) is 0 Å². The van der Waals surface area contributed by atoms with Gasteiger partial charge in [-0.2, -0.15) is 0 Å². The highest BCUT2D eigenvalue weighted by molar-refractivity contribution is 7.13. The Kier molecular flexibility index (Phi) is 3.99. The van der Waals surface area contributed by atoms with Crippen molar-refractivity contribution in [3.05, 3.63) is 20.8 Å². The second kappa shape index (κ2) is 4.73. The molecule has 1 heterocycles. The quantitative estimate of drug-likeness (QED) is 0.909. The van der Waals surface area contributed by atoms with Crippen molar-refractivity contribution in [2.45, 2.75) is 26.3 Å². The topological polar surface area (TPSA) is 40.5 Å². The third-order valence-corrected chi connectivity index (χ3v) is 4.38. The van der Waals surface area contributed by atoms with E-state index in [2.05, 4.69) is 0 Å². The molecule has 0 atom stereocenters. The molecule has 1 aromatic rings. The number of aliphatic hydroxyl groups is 1. The van der Waals surface area contributed by atoms with E-state index in [1.54, 1.807) is 20.9 Å². The zero-order chi connectivity index (χ0) is 12.5. The van der Waals surface area contributed by atoms with E-state index in [-0.39, 0.29) is 12.5 Å². The summed E-state index contributed by atoms with van der Waals surface area (Å²) in [5.41, 5.74) is 0.323. The first-order valence-corrected chi connectivity index (χ1v) is 6.19. The van der Waals surface area contributed by atoms with Crippen molar-refractivity contribution in [1.29, 1.82) is 0 Å². The number of hydrogen-bond acceptors (Lipinski definition) is 3.